The number of carbonyl (C=O) groups is 1. The lowest BCUT2D eigenvalue weighted by molar-refractivity contribution is 0.139. The third kappa shape index (κ3) is 7.06. The molecule has 1 fully saturated rings. The van der Waals surface area contributed by atoms with E-state index in [9.17, 15) is 10.1 Å². The van der Waals surface area contributed by atoms with E-state index in [0.29, 0.717) is 24.7 Å². The molecule has 1 saturated heterocycles. The van der Waals surface area contributed by atoms with E-state index in [-0.39, 0.29) is 12.6 Å². The van der Waals surface area contributed by atoms with Crippen molar-refractivity contribution in [1.82, 2.24) is 20.9 Å². The molecule has 8 nitrogen and oxygen atoms in total. The standard InChI is InChI=1S/C27H28N6O2/c28-20-31-26(33-16-15-29-25(18-33)23-9-5-2-6-10-23)32-24-13-11-21(12-14-24)17-30-27(34)35-19-22-7-3-1-4-8-22/h1-14,25,29H,15-19H2,(H,30,34)(H,31,32). The quantitative estimate of drug-likeness (QED) is 0.220. The molecule has 1 heterocycles. The van der Waals surface area contributed by atoms with Gasteiger partial charge in [0, 0.05) is 32.2 Å². The van der Waals surface area contributed by atoms with Crippen molar-refractivity contribution < 1.29 is 9.53 Å². The normalized spacial score (nSPS) is 15.7. The van der Waals surface area contributed by atoms with Crippen LogP contribution in [0.3, 0.4) is 0 Å². The molecule has 3 N–H and O–H groups in total. The third-order valence-corrected chi connectivity index (χ3v) is 5.67. The van der Waals surface area contributed by atoms with Gasteiger partial charge in [0.2, 0.25) is 5.96 Å². The molecule has 1 aliphatic heterocycles. The van der Waals surface area contributed by atoms with Gasteiger partial charge in [0.15, 0.2) is 6.19 Å². The summed E-state index contributed by atoms with van der Waals surface area (Å²) in [4.78, 5) is 18.7. The summed E-state index contributed by atoms with van der Waals surface area (Å²) in [6, 6.07) is 27.5. The zero-order valence-electron chi connectivity index (χ0n) is 19.4. The zero-order valence-corrected chi connectivity index (χ0v) is 19.4. The summed E-state index contributed by atoms with van der Waals surface area (Å²) in [7, 11) is 0. The van der Waals surface area contributed by atoms with Crippen molar-refractivity contribution in [3.05, 3.63) is 102 Å². The van der Waals surface area contributed by atoms with E-state index < -0.39 is 6.09 Å². The molecule has 3 aromatic rings. The first kappa shape index (κ1) is 23.8. The van der Waals surface area contributed by atoms with Crippen LogP contribution in [-0.2, 0) is 17.9 Å². The number of hydrogen-bond donors (Lipinski definition) is 3. The predicted molar refractivity (Wildman–Crippen MR) is 135 cm³/mol. The minimum atomic E-state index is -0.469. The monoisotopic (exact) mass is 468 g/mol. The van der Waals surface area contributed by atoms with Crippen LogP contribution in [0.2, 0.25) is 0 Å². The van der Waals surface area contributed by atoms with Gasteiger partial charge < -0.3 is 20.3 Å². The van der Waals surface area contributed by atoms with Gasteiger partial charge >= 0.3 is 6.09 Å². The highest BCUT2D eigenvalue weighted by atomic mass is 16.5. The average molecular weight is 469 g/mol. The highest BCUT2D eigenvalue weighted by Gasteiger charge is 2.23. The summed E-state index contributed by atoms with van der Waals surface area (Å²) in [6.45, 7) is 2.80. The maximum atomic E-state index is 12.0. The summed E-state index contributed by atoms with van der Waals surface area (Å²) in [5.41, 5.74) is 3.77. The Kier molecular flexibility index (Phi) is 8.30. The van der Waals surface area contributed by atoms with Crippen molar-refractivity contribution in [3.8, 4) is 6.19 Å². The highest BCUT2D eigenvalue weighted by Crippen LogP contribution is 2.19. The average Bonchev–Trinajstić information content (AvgIpc) is 2.92. The van der Waals surface area contributed by atoms with Gasteiger partial charge in [0.05, 0.1) is 5.69 Å². The molecular formula is C27H28N6O2. The summed E-state index contributed by atoms with van der Waals surface area (Å²) < 4.78 is 5.24. The molecule has 0 aromatic heterocycles. The molecule has 1 atom stereocenters. The summed E-state index contributed by atoms with van der Waals surface area (Å²) in [6.07, 6.45) is 1.53. The Morgan fingerprint density at radius 1 is 1.03 bits per heavy atom. The van der Waals surface area contributed by atoms with E-state index in [1.54, 1.807) is 0 Å². The second kappa shape index (κ2) is 12.2. The fourth-order valence-electron chi connectivity index (χ4n) is 3.84. The number of rotatable bonds is 6. The SMILES string of the molecule is N#CNC(=Nc1ccc(CNC(=O)OCc2ccccc2)cc1)N1CCNC(c2ccccc2)C1. The summed E-state index contributed by atoms with van der Waals surface area (Å²) in [5.74, 6) is 0.519. The van der Waals surface area contributed by atoms with Gasteiger partial charge in [-0.3, -0.25) is 5.32 Å². The molecule has 0 bridgehead atoms. The van der Waals surface area contributed by atoms with Gasteiger partial charge in [-0.15, -0.1) is 0 Å². The Labute approximate surface area is 205 Å². The van der Waals surface area contributed by atoms with Gasteiger partial charge in [-0.25, -0.2) is 9.79 Å². The number of ether oxygens (including phenoxy) is 1. The number of nitriles is 1. The number of benzene rings is 3. The second-order valence-corrected chi connectivity index (χ2v) is 8.12. The Balaban J connectivity index is 1.33. The molecular weight excluding hydrogens is 440 g/mol. The van der Waals surface area contributed by atoms with Crippen molar-refractivity contribution in [2.75, 3.05) is 19.6 Å². The maximum Gasteiger partial charge on any atom is 0.407 e. The Bertz CT molecular complexity index is 1160. The molecule has 1 amide bonds. The lowest BCUT2D eigenvalue weighted by Gasteiger charge is -2.35. The minimum absolute atomic E-state index is 0.158. The van der Waals surface area contributed by atoms with Gasteiger partial charge in [-0.1, -0.05) is 72.8 Å². The minimum Gasteiger partial charge on any atom is -0.445 e. The van der Waals surface area contributed by atoms with Crippen molar-refractivity contribution in [2.45, 2.75) is 19.2 Å². The number of alkyl carbamates (subject to hydrolysis) is 1. The van der Waals surface area contributed by atoms with Crippen LogP contribution in [0, 0.1) is 11.5 Å². The van der Waals surface area contributed by atoms with E-state index in [2.05, 4.69) is 38.0 Å². The second-order valence-electron chi connectivity index (χ2n) is 8.12. The van der Waals surface area contributed by atoms with Crippen LogP contribution in [0.15, 0.2) is 89.9 Å². The van der Waals surface area contributed by atoms with Crippen molar-refractivity contribution in [2.24, 2.45) is 4.99 Å². The summed E-state index contributed by atoms with van der Waals surface area (Å²) >= 11 is 0. The van der Waals surface area contributed by atoms with Gasteiger partial charge in [0.25, 0.3) is 0 Å². The number of hydrogen-bond acceptors (Lipinski definition) is 5. The van der Waals surface area contributed by atoms with Crippen LogP contribution in [0.4, 0.5) is 10.5 Å². The molecule has 35 heavy (non-hydrogen) atoms. The Hall–Kier alpha value is -4.35. The van der Waals surface area contributed by atoms with Crippen LogP contribution >= 0.6 is 0 Å². The smallest absolute Gasteiger partial charge is 0.407 e. The number of aliphatic imine (C=N–C) groups is 1. The zero-order chi connectivity index (χ0) is 24.3. The molecule has 1 aliphatic rings. The van der Waals surface area contributed by atoms with Gasteiger partial charge in [0.1, 0.15) is 6.61 Å². The molecule has 8 heteroatoms. The third-order valence-electron chi connectivity index (χ3n) is 5.67. The number of guanidine groups is 1. The van der Waals surface area contributed by atoms with Crippen LogP contribution < -0.4 is 16.0 Å². The number of amides is 1. The van der Waals surface area contributed by atoms with Gasteiger partial charge in [-0.2, -0.15) is 5.26 Å². The molecule has 0 aliphatic carbocycles. The van der Waals surface area contributed by atoms with Crippen LogP contribution in [0.25, 0.3) is 0 Å². The van der Waals surface area contributed by atoms with E-state index in [0.717, 1.165) is 24.2 Å². The molecule has 1 unspecified atom stereocenters. The first-order valence-electron chi connectivity index (χ1n) is 11.5. The first-order chi connectivity index (χ1) is 17.2. The predicted octanol–water partition coefficient (Wildman–Crippen LogP) is 3.82. The molecule has 0 saturated carbocycles. The van der Waals surface area contributed by atoms with Crippen molar-refractivity contribution in [1.29, 1.82) is 5.26 Å². The van der Waals surface area contributed by atoms with Gasteiger partial charge in [-0.05, 0) is 28.8 Å². The maximum absolute atomic E-state index is 12.0. The highest BCUT2D eigenvalue weighted by molar-refractivity contribution is 5.84. The first-order valence-corrected chi connectivity index (χ1v) is 11.5. The Morgan fingerprint density at radius 2 is 1.74 bits per heavy atom. The van der Waals surface area contributed by atoms with E-state index in [1.807, 2.05) is 79.0 Å². The number of carbonyl (C=O) groups excluding carboxylic acids is 1. The largest absolute Gasteiger partial charge is 0.445 e. The number of nitrogens with zero attached hydrogens (tertiary/aromatic N) is 3. The lowest BCUT2D eigenvalue weighted by atomic mass is 10.0. The summed E-state index contributed by atoms with van der Waals surface area (Å²) in [5, 5.41) is 18.3. The van der Waals surface area contributed by atoms with Crippen molar-refractivity contribution >= 4 is 17.7 Å². The molecule has 178 valence electrons. The van der Waals surface area contributed by atoms with E-state index in [4.69, 9.17) is 4.74 Å². The topological polar surface area (TPSA) is 102 Å². The van der Waals surface area contributed by atoms with Crippen LogP contribution in [0.5, 0.6) is 0 Å². The van der Waals surface area contributed by atoms with E-state index in [1.165, 1.54) is 5.56 Å². The molecule has 0 radical (unpaired) electrons. The molecule has 3 aromatic carbocycles. The van der Waals surface area contributed by atoms with Crippen molar-refractivity contribution in [3.63, 3.8) is 0 Å². The lowest BCUT2D eigenvalue weighted by Crippen LogP contribution is -2.51. The fourth-order valence-corrected chi connectivity index (χ4v) is 3.84. The number of piperazine rings is 1. The van der Waals surface area contributed by atoms with E-state index >= 15 is 0 Å². The Morgan fingerprint density at radius 3 is 2.46 bits per heavy atom. The van der Waals surface area contributed by atoms with Crippen LogP contribution in [0.1, 0.15) is 22.7 Å². The molecule has 0 spiro atoms. The van der Waals surface area contributed by atoms with Crippen LogP contribution in [-0.4, -0.2) is 36.6 Å². The number of nitrogens with one attached hydrogen (secondary N) is 3. The fraction of sp³-hybridized carbons (Fsp3) is 0.222. The molecule has 4 rings (SSSR count).